The molecule has 1 N–H and O–H groups in total. The Bertz CT molecular complexity index is 109. The SMILES string of the molecule is N#CCC(F)(F)F.N=S.[LiH]. The summed E-state index contributed by atoms with van der Waals surface area (Å²) in [7, 11) is 0. The van der Waals surface area contributed by atoms with Crippen molar-refractivity contribution in [1.82, 2.24) is 0 Å². The fourth-order valence-electron chi connectivity index (χ4n) is 0.0896. The van der Waals surface area contributed by atoms with E-state index in [1.165, 1.54) is 0 Å². The van der Waals surface area contributed by atoms with E-state index < -0.39 is 12.6 Å². The number of alkyl halides is 3. The molecule has 0 spiro atoms. The molecular formula is C3H4F3LiN2S. The monoisotopic (exact) mass is 164 g/mol. The molecule has 0 aliphatic rings. The standard InChI is InChI=1S/C3H2F3N.Li.HNS.H/c4-3(5,6)1-2-7;;1-2;/h1H2;;1H;. The Morgan fingerprint density at radius 2 is 1.70 bits per heavy atom. The summed E-state index contributed by atoms with van der Waals surface area (Å²) in [5, 5.41) is 7.43. The van der Waals surface area contributed by atoms with Crippen molar-refractivity contribution in [2.75, 3.05) is 0 Å². The Morgan fingerprint density at radius 1 is 1.40 bits per heavy atom. The van der Waals surface area contributed by atoms with Crippen LogP contribution in [-0.4, -0.2) is 25.0 Å². The molecule has 0 aromatic carbocycles. The van der Waals surface area contributed by atoms with E-state index in [0.717, 1.165) is 6.07 Å². The average molecular weight is 164 g/mol. The summed E-state index contributed by atoms with van der Waals surface area (Å²) in [5.41, 5.74) is 0. The van der Waals surface area contributed by atoms with Crippen molar-refractivity contribution in [2.24, 2.45) is 0 Å². The molecule has 54 valence electrons. The number of halogens is 3. The van der Waals surface area contributed by atoms with Gasteiger partial charge in [-0.25, -0.2) is 4.78 Å². The predicted octanol–water partition coefficient (Wildman–Crippen LogP) is 1.11. The van der Waals surface area contributed by atoms with Gasteiger partial charge in [-0.05, 0) is 0 Å². The molecule has 0 aliphatic carbocycles. The summed E-state index contributed by atoms with van der Waals surface area (Å²) in [6.07, 6.45) is -5.66. The molecule has 7 heteroatoms. The van der Waals surface area contributed by atoms with Crippen molar-refractivity contribution in [1.29, 1.82) is 10.0 Å². The van der Waals surface area contributed by atoms with Crippen LogP contribution in [0.5, 0.6) is 0 Å². The van der Waals surface area contributed by atoms with Gasteiger partial charge in [0, 0.05) is 12.4 Å². The molecule has 0 heterocycles. The van der Waals surface area contributed by atoms with Gasteiger partial charge in [0.25, 0.3) is 0 Å². The van der Waals surface area contributed by atoms with Crippen LogP contribution < -0.4 is 0 Å². The van der Waals surface area contributed by atoms with Gasteiger partial charge in [0.1, 0.15) is 6.42 Å². The van der Waals surface area contributed by atoms with Crippen molar-refractivity contribution < 1.29 is 13.2 Å². The quantitative estimate of drug-likeness (QED) is 0.545. The molecule has 0 aromatic heterocycles. The number of nitrogens with zero attached hydrogens (tertiary/aromatic N) is 1. The normalized spacial score (nSPS) is 7.80. The molecule has 0 amide bonds. The third kappa shape index (κ3) is 24.7. The van der Waals surface area contributed by atoms with Crippen molar-refractivity contribution in [3.8, 4) is 6.07 Å². The number of rotatable bonds is 0. The van der Waals surface area contributed by atoms with E-state index in [1.54, 1.807) is 0 Å². The van der Waals surface area contributed by atoms with Crippen LogP contribution in [-0.2, 0) is 12.4 Å². The topological polar surface area (TPSA) is 47.6 Å². The van der Waals surface area contributed by atoms with Crippen molar-refractivity contribution in [2.45, 2.75) is 12.6 Å². The summed E-state index contributed by atoms with van der Waals surface area (Å²) in [4.78, 5) is 0. The average Bonchev–Trinajstić information content (AvgIpc) is 1.69. The third-order valence-electron chi connectivity index (χ3n) is 0.280. The van der Waals surface area contributed by atoms with Crippen LogP contribution in [0, 0.1) is 16.1 Å². The zero-order chi connectivity index (χ0) is 7.91. The van der Waals surface area contributed by atoms with Gasteiger partial charge in [0.05, 0.1) is 6.07 Å². The Kier molecular flexibility index (Phi) is 14.7. The fourth-order valence-corrected chi connectivity index (χ4v) is 0.0896. The van der Waals surface area contributed by atoms with Gasteiger partial charge in [0.15, 0.2) is 0 Å². The van der Waals surface area contributed by atoms with Crippen molar-refractivity contribution >= 4 is 31.3 Å². The number of nitrogens with one attached hydrogen (secondary N) is 1. The second kappa shape index (κ2) is 8.90. The van der Waals surface area contributed by atoms with Gasteiger partial charge in [0.2, 0.25) is 0 Å². The predicted molar refractivity (Wildman–Crippen MR) is 33.5 cm³/mol. The Balaban J connectivity index is -0.000000149. The van der Waals surface area contributed by atoms with E-state index in [0.29, 0.717) is 0 Å². The maximum absolute atomic E-state index is 10.8. The summed E-state index contributed by atoms with van der Waals surface area (Å²) in [6.45, 7) is 0. The first-order chi connectivity index (χ1) is 4.06. The van der Waals surface area contributed by atoms with Crippen LogP contribution >= 0.6 is 0 Å². The van der Waals surface area contributed by atoms with E-state index >= 15 is 0 Å². The van der Waals surface area contributed by atoms with Crippen LogP contribution in [0.2, 0.25) is 0 Å². The summed E-state index contributed by atoms with van der Waals surface area (Å²) < 4.78 is 37.8. The van der Waals surface area contributed by atoms with Crippen LogP contribution in [0.25, 0.3) is 0 Å². The molecule has 2 nitrogen and oxygen atoms in total. The number of nitriles is 1. The minimum atomic E-state index is -4.31. The minimum absolute atomic E-state index is 0. The first kappa shape index (κ1) is 16.5. The van der Waals surface area contributed by atoms with Gasteiger partial charge in [-0.15, -0.1) is 0 Å². The van der Waals surface area contributed by atoms with Crippen LogP contribution in [0.15, 0.2) is 0 Å². The van der Waals surface area contributed by atoms with E-state index in [-0.39, 0.29) is 18.9 Å². The van der Waals surface area contributed by atoms with Gasteiger partial charge in [-0.1, -0.05) is 0 Å². The maximum atomic E-state index is 10.8. The van der Waals surface area contributed by atoms with E-state index in [2.05, 4.69) is 12.4 Å². The fraction of sp³-hybridized carbons (Fsp3) is 0.667. The molecule has 0 atom stereocenters. The molecule has 0 radical (unpaired) electrons. The zero-order valence-electron chi connectivity index (χ0n) is 4.20. The van der Waals surface area contributed by atoms with Crippen LogP contribution in [0.1, 0.15) is 6.42 Å². The van der Waals surface area contributed by atoms with Gasteiger partial charge in [-0.2, -0.15) is 18.4 Å². The van der Waals surface area contributed by atoms with Crippen molar-refractivity contribution in [3.05, 3.63) is 0 Å². The Morgan fingerprint density at radius 3 is 1.70 bits per heavy atom. The van der Waals surface area contributed by atoms with Crippen LogP contribution in [0.4, 0.5) is 13.2 Å². The van der Waals surface area contributed by atoms with E-state index in [1.807, 2.05) is 0 Å². The first-order valence-electron chi connectivity index (χ1n) is 1.70. The molecule has 10 heavy (non-hydrogen) atoms. The molecule has 0 aliphatic heterocycles. The first-order valence-corrected chi connectivity index (χ1v) is 2.11. The molecule has 0 saturated carbocycles. The summed E-state index contributed by atoms with van der Waals surface area (Å²) in [6, 6.07) is 0.983. The second-order valence-electron chi connectivity index (χ2n) is 0.950. The Labute approximate surface area is 73.5 Å². The number of hydrogen-bond donors (Lipinski definition) is 1. The van der Waals surface area contributed by atoms with Gasteiger partial charge < -0.3 is 0 Å². The second-order valence-corrected chi connectivity index (χ2v) is 0.950. The molecule has 0 unspecified atom stereocenters. The molecule has 0 aromatic rings. The molecule has 0 fully saturated rings. The van der Waals surface area contributed by atoms with Crippen molar-refractivity contribution in [3.63, 3.8) is 0 Å². The van der Waals surface area contributed by atoms with Gasteiger partial charge >= 0.3 is 25.0 Å². The molecular weight excluding hydrogens is 160 g/mol. The molecule has 0 bridgehead atoms. The Hall–Kier alpha value is -0.103. The zero-order valence-corrected chi connectivity index (χ0v) is 5.01. The summed E-state index contributed by atoms with van der Waals surface area (Å²) >= 11 is 3.33. The molecule has 0 saturated heterocycles. The van der Waals surface area contributed by atoms with E-state index in [9.17, 15) is 13.2 Å². The molecule has 0 rings (SSSR count). The van der Waals surface area contributed by atoms with E-state index in [4.69, 9.17) is 10.0 Å². The summed E-state index contributed by atoms with van der Waals surface area (Å²) in [5.74, 6) is 0. The van der Waals surface area contributed by atoms with Gasteiger partial charge in [-0.3, -0.25) is 0 Å². The van der Waals surface area contributed by atoms with Crippen LogP contribution in [0.3, 0.4) is 0 Å². The number of hydrogen-bond acceptors (Lipinski definition) is 3. The third-order valence-corrected chi connectivity index (χ3v) is 0.280.